The van der Waals surface area contributed by atoms with Crippen molar-refractivity contribution in [3.8, 4) is 5.75 Å². The van der Waals surface area contributed by atoms with E-state index in [1.807, 2.05) is 0 Å². The minimum absolute atomic E-state index is 0.0384. The lowest BCUT2D eigenvalue weighted by atomic mass is 10.2. The van der Waals surface area contributed by atoms with Crippen LogP contribution in [0.2, 0.25) is 18.1 Å². The summed E-state index contributed by atoms with van der Waals surface area (Å²) in [6.07, 6.45) is -0.752. The molecule has 1 aromatic rings. The number of rotatable bonds is 4. The van der Waals surface area contributed by atoms with Crippen LogP contribution in [0.1, 0.15) is 20.8 Å². The third-order valence-electron chi connectivity index (χ3n) is 4.40. The molecule has 0 saturated heterocycles. The molecule has 1 aromatic carbocycles. The van der Waals surface area contributed by atoms with Gasteiger partial charge in [-0.15, -0.1) is 0 Å². The molecule has 0 radical (unpaired) electrons. The van der Waals surface area contributed by atoms with Crippen molar-refractivity contribution in [1.29, 1.82) is 0 Å². The maximum Gasteiger partial charge on any atom is 0.271 e. The molecule has 7 nitrogen and oxygen atoms in total. The van der Waals surface area contributed by atoms with Gasteiger partial charge < -0.3 is 14.5 Å². The van der Waals surface area contributed by atoms with Crippen LogP contribution in [0.15, 0.2) is 18.2 Å². The van der Waals surface area contributed by atoms with Gasteiger partial charge in [-0.25, -0.2) is 0 Å². The van der Waals surface area contributed by atoms with Gasteiger partial charge >= 0.3 is 0 Å². The van der Waals surface area contributed by atoms with Crippen LogP contribution in [0.5, 0.6) is 5.75 Å². The zero-order valence-electron chi connectivity index (χ0n) is 14.0. The summed E-state index contributed by atoms with van der Waals surface area (Å²) in [6.45, 7) is 10.7. The van der Waals surface area contributed by atoms with Crippen LogP contribution in [0.3, 0.4) is 0 Å². The lowest BCUT2D eigenvalue weighted by Gasteiger charge is -2.37. The minimum Gasteiger partial charge on any atom is -0.476 e. The van der Waals surface area contributed by atoms with Gasteiger partial charge in [0.1, 0.15) is 5.75 Å². The van der Waals surface area contributed by atoms with E-state index in [1.54, 1.807) is 0 Å². The SMILES string of the molecule is CC(C)(C)[Si](C)(C)OCC1Oc2ccc([N+](=O)[O-])cc2NC1=O. The van der Waals surface area contributed by atoms with Crippen LogP contribution in [-0.4, -0.2) is 31.9 Å². The molecule has 0 aliphatic carbocycles. The molecule has 1 N–H and O–H groups in total. The van der Waals surface area contributed by atoms with E-state index in [9.17, 15) is 14.9 Å². The van der Waals surface area contributed by atoms with Crippen molar-refractivity contribution in [2.45, 2.75) is 45.0 Å². The number of ether oxygens (including phenoxy) is 1. The molecule has 0 fully saturated rings. The lowest BCUT2D eigenvalue weighted by molar-refractivity contribution is -0.384. The summed E-state index contributed by atoms with van der Waals surface area (Å²) < 4.78 is 11.7. The molecule has 1 atom stereocenters. The first-order chi connectivity index (χ1) is 10.5. The average molecular weight is 338 g/mol. The standard InChI is InChI=1S/C15H22N2O5Si/c1-15(2,3)23(4,5)21-9-13-14(18)16-11-8-10(17(19)20)6-7-12(11)22-13/h6-8,13H,9H2,1-5H3,(H,16,18). The molecule has 8 heteroatoms. The van der Waals surface area contributed by atoms with Gasteiger partial charge in [-0.3, -0.25) is 14.9 Å². The van der Waals surface area contributed by atoms with E-state index in [4.69, 9.17) is 9.16 Å². The lowest BCUT2D eigenvalue weighted by Crippen LogP contribution is -2.47. The molecule has 1 heterocycles. The Balaban J connectivity index is 2.10. The summed E-state index contributed by atoms with van der Waals surface area (Å²) in [4.78, 5) is 22.4. The van der Waals surface area contributed by atoms with Gasteiger partial charge in [-0.05, 0) is 24.2 Å². The molecule has 0 bridgehead atoms. The maximum absolute atomic E-state index is 12.1. The van der Waals surface area contributed by atoms with Crippen molar-refractivity contribution in [1.82, 2.24) is 0 Å². The number of nitrogens with zero attached hydrogens (tertiary/aromatic N) is 1. The number of carbonyl (C=O) groups is 1. The molecule has 0 spiro atoms. The van der Waals surface area contributed by atoms with Crippen LogP contribution >= 0.6 is 0 Å². The molecule has 1 unspecified atom stereocenters. The fraction of sp³-hybridized carbons (Fsp3) is 0.533. The normalized spacial score (nSPS) is 18.0. The fourth-order valence-electron chi connectivity index (χ4n) is 1.86. The molecule has 1 amide bonds. The summed E-state index contributed by atoms with van der Waals surface area (Å²) in [7, 11) is -1.98. The van der Waals surface area contributed by atoms with Crippen LogP contribution in [0.4, 0.5) is 11.4 Å². The number of anilines is 1. The number of benzene rings is 1. The predicted octanol–water partition coefficient (Wildman–Crippen LogP) is 3.32. The first-order valence-electron chi connectivity index (χ1n) is 7.41. The van der Waals surface area contributed by atoms with Gasteiger partial charge in [0, 0.05) is 12.1 Å². The first kappa shape index (κ1) is 17.4. The Morgan fingerprint density at radius 3 is 2.61 bits per heavy atom. The monoisotopic (exact) mass is 338 g/mol. The number of non-ortho nitro benzene ring substituents is 1. The van der Waals surface area contributed by atoms with E-state index in [0.29, 0.717) is 11.4 Å². The third kappa shape index (κ3) is 3.70. The molecular weight excluding hydrogens is 316 g/mol. The first-order valence-corrected chi connectivity index (χ1v) is 10.3. The zero-order chi connectivity index (χ0) is 17.4. The summed E-state index contributed by atoms with van der Waals surface area (Å²) >= 11 is 0. The summed E-state index contributed by atoms with van der Waals surface area (Å²) in [6, 6.07) is 4.13. The van der Waals surface area contributed by atoms with Crippen LogP contribution < -0.4 is 10.1 Å². The highest BCUT2D eigenvalue weighted by atomic mass is 28.4. The summed E-state index contributed by atoms with van der Waals surface area (Å²) in [5.74, 6) is 0.0655. The van der Waals surface area contributed by atoms with Crippen molar-refractivity contribution in [2.75, 3.05) is 11.9 Å². The number of nitro benzene ring substituents is 1. The van der Waals surface area contributed by atoms with Crippen LogP contribution in [0, 0.1) is 10.1 Å². The van der Waals surface area contributed by atoms with Crippen molar-refractivity contribution in [3.05, 3.63) is 28.3 Å². The van der Waals surface area contributed by atoms with Gasteiger partial charge in [0.2, 0.25) is 0 Å². The fourth-order valence-corrected chi connectivity index (χ4v) is 2.86. The van der Waals surface area contributed by atoms with Gasteiger partial charge in [-0.2, -0.15) is 0 Å². The highest BCUT2D eigenvalue weighted by Gasteiger charge is 2.39. The number of nitrogens with one attached hydrogen (secondary N) is 1. The highest BCUT2D eigenvalue weighted by Crippen LogP contribution is 2.37. The Bertz CT molecular complexity index is 639. The average Bonchev–Trinajstić information content (AvgIpc) is 2.43. The molecule has 126 valence electrons. The van der Waals surface area contributed by atoms with Crippen LogP contribution in [0.25, 0.3) is 0 Å². The quantitative estimate of drug-likeness (QED) is 0.516. The number of fused-ring (bicyclic) bond motifs is 1. The largest absolute Gasteiger partial charge is 0.476 e. The molecule has 1 aliphatic rings. The topological polar surface area (TPSA) is 90.7 Å². The van der Waals surface area contributed by atoms with E-state index in [0.717, 1.165) is 0 Å². The van der Waals surface area contributed by atoms with Crippen molar-refractivity contribution < 1.29 is 18.9 Å². The second-order valence-electron chi connectivity index (χ2n) is 7.10. The van der Waals surface area contributed by atoms with Crippen LogP contribution in [-0.2, 0) is 9.22 Å². The van der Waals surface area contributed by atoms with E-state index in [1.165, 1.54) is 18.2 Å². The Hall–Kier alpha value is -1.93. The Morgan fingerprint density at radius 2 is 2.04 bits per heavy atom. The minimum atomic E-state index is -1.98. The summed E-state index contributed by atoms with van der Waals surface area (Å²) in [5, 5.41) is 13.5. The number of hydrogen-bond acceptors (Lipinski definition) is 5. The molecule has 2 rings (SSSR count). The summed E-state index contributed by atoms with van der Waals surface area (Å²) in [5.41, 5.74) is 0.219. The van der Waals surface area contributed by atoms with Gasteiger partial charge in [0.15, 0.2) is 14.4 Å². The van der Waals surface area contributed by atoms with E-state index < -0.39 is 19.3 Å². The van der Waals surface area contributed by atoms with E-state index >= 15 is 0 Å². The Kier molecular flexibility index (Phi) is 4.49. The zero-order valence-corrected chi connectivity index (χ0v) is 15.0. The number of carbonyl (C=O) groups excluding carboxylic acids is 1. The van der Waals surface area contributed by atoms with Gasteiger partial charge in [0.05, 0.1) is 17.2 Å². The molecule has 23 heavy (non-hydrogen) atoms. The molecule has 0 aromatic heterocycles. The van der Waals surface area contributed by atoms with E-state index in [-0.39, 0.29) is 23.2 Å². The van der Waals surface area contributed by atoms with E-state index in [2.05, 4.69) is 39.2 Å². The molecule has 1 aliphatic heterocycles. The Morgan fingerprint density at radius 1 is 1.39 bits per heavy atom. The second-order valence-corrected chi connectivity index (χ2v) is 11.9. The number of hydrogen-bond donors (Lipinski definition) is 1. The van der Waals surface area contributed by atoms with Crippen molar-refractivity contribution >= 4 is 25.6 Å². The number of nitro groups is 1. The predicted molar refractivity (Wildman–Crippen MR) is 89.3 cm³/mol. The Labute approximate surface area is 136 Å². The molecule has 0 saturated carbocycles. The smallest absolute Gasteiger partial charge is 0.271 e. The third-order valence-corrected chi connectivity index (χ3v) is 8.90. The highest BCUT2D eigenvalue weighted by molar-refractivity contribution is 6.74. The van der Waals surface area contributed by atoms with Gasteiger partial charge in [-0.1, -0.05) is 20.8 Å². The maximum atomic E-state index is 12.1. The number of amides is 1. The molecular formula is C15H22N2O5Si. The van der Waals surface area contributed by atoms with Crippen molar-refractivity contribution in [2.24, 2.45) is 0 Å². The van der Waals surface area contributed by atoms with Gasteiger partial charge in [0.25, 0.3) is 11.6 Å². The van der Waals surface area contributed by atoms with Crippen molar-refractivity contribution in [3.63, 3.8) is 0 Å². The second kappa shape index (κ2) is 5.93.